The van der Waals surface area contributed by atoms with E-state index >= 15 is 0 Å². The van der Waals surface area contributed by atoms with E-state index in [2.05, 4.69) is 15.6 Å². The van der Waals surface area contributed by atoms with Crippen molar-refractivity contribution in [1.29, 1.82) is 0 Å². The number of carboxylic acid groups (broad SMARTS) is 1. The summed E-state index contributed by atoms with van der Waals surface area (Å²) in [4.78, 5) is 42.6. The maximum Gasteiger partial charge on any atom is 0.418 e. The van der Waals surface area contributed by atoms with Crippen LogP contribution in [0.15, 0.2) is 48.5 Å². The van der Waals surface area contributed by atoms with E-state index in [0.29, 0.717) is 17.7 Å². The van der Waals surface area contributed by atoms with Crippen molar-refractivity contribution in [2.24, 2.45) is 5.92 Å². The van der Waals surface area contributed by atoms with Crippen LogP contribution in [0.5, 0.6) is 0 Å². The predicted octanol–water partition coefficient (Wildman–Crippen LogP) is 5.12. The lowest BCUT2D eigenvalue weighted by Gasteiger charge is -2.37. The molecule has 214 valence electrons. The fraction of sp³-hybridized carbons (Fsp3) is 0.433. The van der Waals surface area contributed by atoms with Crippen molar-refractivity contribution in [3.05, 3.63) is 70.9 Å². The summed E-state index contributed by atoms with van der Waals surface area (Å²) in [6, 6.07) is 11.9. The van der Waals surface area contributed by atoms with Crippen LogP contribution in [0, 0.1) is 5.92 Å². The van der Waals surface area contributed by atoms with Gasteiger partial charge < -0.3 is 20.7 Å². The lowest BCUT2D eigenvalue weighted by molar-refractivity contribution is -0.149. The Labute approximate surface area is 230 Å². The molecule has 3 aromatic rings. The van der Waals surface area contributed by atoms with Crippen LogP contribution in [-0.4, -0.2) is 39.5 Å². The molecule has 1 heterocycles. The smallest absolute Gasteiger partial charge is 0.418 e. The van der Waals surface area contributed by atoms with Crippen molar-refractivity contribution in [2.45, 2.75) is 76.6 Å². The van der Waals surface area contributed by atoms with E-state index in [4.69, 9.17) is 0 Å². The molecule has 40 heavy (non-hydrogen) atoms. The zero-order chi connectivity index (χ0) is 29.5. The fourth-order valence-corrected chi connectivity index (χ4v) is 5.37. The zero-order valence-electron chi connectivity index (χ0n) is 22.9. The summed E-state index contributed by atoms with van der Waals surface area (Å²) in [5.74, 6) is -2.63. The number of aryl methyl sites for hydroxylation is 1. The van der Waals surface area contributed by atoms with Crippen molar-refractivity contribution >= 4 is 28.7 Å². The Bertz CT molecular complexity index is 1430. The van der Waals surface area contributed by atoms with Crippen molar-refractivity contribution in [3.8, 4) is 0 Å². The van der Waals surface area contributed by atoms with Crippen LogP contribution in [0.2, 0.25) is 0 Å². The molecule has 0 fully saturated rings. The fourth-order valence-electron chi connectivity index (χ4n) is 5.37. The first kappa shape index (κ1) is 29.2. The molecule has 0 aliphatic heterocycles. The number of amides is 2. The average molecular weight is 558 g/mol. The highest BCUT2D eigenvalue weighted by Crippen LogP contribution is 2.40. The van der Waals surface area contributed by atoms with Gasteiger partial charge in [0, 0.05) is 17.5 Å². The lowest BCUT2D eigenvalue weighted by Crippen LogP contribution is -2.63. The molecule has 10 heteroatoms. The number of aromatic amines is 1. The van der Waals surface area contributed by atoms with Crippen LogP contribution in [0.1, 0.15) is 62.9 Å². The molecule has 0 radical (unpaired) electrons. The summed E-state index contributed by atoms with van der Waals surface area (Å²) in [5, 5.41) is 16.1. The number of alkyl halides is 3. The monoisotopic (exact) mass is 557 g/mol. The van der Waals surface area contributed by atoms with Gasteiger partial charge in [0.25, 0.3) is 0 Å². The first-order chi connectivity index (χ1) is 18.7. The van der Waals surface area contributed by atoms with Crippen LogP contribution >= 0.6 is 0 Å². The number of carbonyl (C=O) groups excluding carboxylic acids is 2. The molecule has 1 aromatic heterocycles. The second-order valence-electron chi connectivity index (χ2n) is 11.2. The minimum Gasteiger partial charge on any atom is -0.479 e. The number of fused-ring (bicyclic) bond motifs is 3. The van der Waals surface area contributed by atoms with E-state index in [9.17, 15) is 32.7 Å². The van der Waals surface area contributed by atoms with Gasteiger partial charge in [-0.25, -0.2) is 4.79 Å². The van der Waals surface area contributed by atoms with Crippen LogP contribution in [0.4, 0.5) is 13.2 Å². The number of H-pyrrole nitrogens is 1. The van der Waals surface area contributed by atoms with Gasteiger partial charge in [0.1, 0.15) is 11.6 Å². The summed E-state index contributed by atoms with van der Waals surface area (Å²) < 4.78 is 40.9. The van der Waals surface area contributed by atoms with E-state index in [1.165, 1.54) is 12.1 Å². The number of halogens is 3. The molecular weight excluding hydrogens is 523 g/mol. The van der Waals surface area contributed by atoms with Gasteiger partial charge >= 0.3 is 12.1 Å². The number of para-hydroxylation sites is 1. The number of carboxylic acids is 1. The van der Waals surface area contributed by atoms with Gasteiger partial charge in [-0.3, -0.25) is 9.59 Å². The summed E-state index contributed by atoms with van der Waals surface area (Å²) in [6.45, 7) is 7.15. The third kappa shape index (κ3) is 5.31. The van der Waals surface area contributed by atoms with E-state index in [-0.39, 0.29) is 42.0 Å². The molecule has 4 N–H and O–H groups in total. The van der Waals surface area contributed by atoms with Gasteiger partial charge in [-0.1, -0.05) is 62.7 Å². The second-order valence-corrected chi connectivity index (χ2v) is 11.2. The summed E-state index contributed by atoms with van der Waals surface area (Å²) >= 11 is 0. The van der Waals surface area contributed by atoms with E-state index < -0.39 is 40.6 Å². The van der Waals surface area contributed by atoms with Gasteiger partial charge in [0.2, 0.25) is 11.8 Å². The predicted molar refractivity (Wildman–Crippen MR) is 145 cm³/mol. The Hall–Kier alpha value is -3.82. The highest BCUT2D eigenvalue weighted by molar-refractivity contribution is 5.96. The molecule has 1 aliphatic carbocycles. The van der Waals surface area contributed by atoms with Crippen LogP contribution in [0.3, 0.4) is 0 Å². The first-order valence-electron chi connectivity index (χ1n) is 13.3. The number of benzene rings is 2. The molecule has 7 nitrogen and oxygen atoms in total. The highest BCUT2D eigenvalue weighted by atomic mass is 19.4. The van der Waals surface area contributed by atoms with Crippen molar-refractivity contribution < 1.29 is 32.7 Å². The largest absolute Gasteiger partial charge is 0.479 e. The molecule has 1 aliphatic rings. The molecule has 3 atom stereocenters. The molecular formula is C30H34F3N3O4. The molecule has 2 amide bonds. The summed E-state index contributed by atoms with van der Waals surface area (Å²) in [5.41, 5.74) is -1.92. The normalized spacial score (nSPS) is 19.0. The zero-order valence-corrected chi connectivity index (χ0v) is 22.9. The van der Waals surface area contributed by atoms with Gasteiger partial charge in [0.05, 0.1) is 16.5 Å². The van der Waals surface area contributed by atoms with Crippen molar-refractivity contribution in [3.63, 3.8) is 0 Å². The number of aromatic nitrogens is 1. The van der Waals surface area contributed by atoms with E-state index in [1.54, 1.807) is 20.8 Å². The minimum absolute atomic E-state index is 0.0219. The topological polar surface area (TPSA) is 111 Å². The SMILES string of the molecule is CCC(C)C(NC(=O)C(C)(C)c1ccccc1)C(=O)N[C@]1(C(=O)O)CCc2[nH]c3c(C(F)(F)F)cccc3c2C1. The number of hydrogen-bond donors (Lipinski definition) is 4. The van der Waals surface area contributed by atoms with Gasteiger partial charge in [-0.2, -0.15) is 13.2 Å². The molecule has 2 unspecified atom stereocenters. The third-order valence-electron chi connectivity index (χ3n) is 8.23. The van der Waals surface area contributed by atoms with Crippen molar-refractivity contribution in [2.75, 3.05) is 0 Å². The maximum absolute atomic E-state index is 13.7. The van der Waals surface area contributed by atoms with Gasteiger partial charge in [-0.05, 0) is 49.8 Å². The lowest BCUT2D eigenvalue weighted by atomic mass is 9.79. The molecule has 4 rings (SSSR count). The molecule has 0 spiro atoms. The van der Waals surface area contributed by atoms with Crippen LogP contribution in [-0.2, 0) is 38.8 Å². The van der Waals surface area contributed by atoms with Crippen LogP contribution in [0.25, 0.3) is 10.9 Å². The van der Waals surface area contributed by atoms with E-state index in [1.807, 2.05) is 37.3 Å². The second kappa shape index (κ2) is 10.6. The van der Waals surface area contributed by atoms with E-state index in [0.717, 1.165) is 11.6 Å². The Kier molecular flexibility index (Phi) is 7.75. The highest BCUT2D eigenvalue weighted by Gasteiger charge is 2.46. The number of nitrogens with one attached hydrogen (secondary N) is 3. The van der Waals surface area contributed by atoms with Gasteiger partial charge in [0.15, 0.2) is 0 Å². The van der Waals surface area contributed by atoms with Crippen LogP contribution < -0.4 is 10.6 Å². The van der Waals surface area contributed by atoms with Gasteiger partial charge in [-0.15, -0.1) is 0 Å². The Morgan fingerprint density at radius 3 is 2.35 bits per heavy atom. The molecule has 0 saturated carbocycles. The summed E-state index contributed by atoms with van der Waals surface area (Å²) in [6.07, 6.45) is -4.13. The molecule has 0 bridgehead atoms. The maximum atomic E-state index is 13.7. The average Bonchev–Trinajstić information content (AvgIpc) is 3.28. The first-order valence-corrected chi connectivity index (χ1v) is 13.3. The third-order valence-corrected chi connectivity index (χ3v) is 8.23. The number of aliphatic carboxylic acids is 1. The standard InChI is InChI=1S/C30H34F3N3O4/c1-5-17(2)23(35-26(38)28(3,4)18-10-7-6-8-11-18)25(37)36-29(27(39)40)15-14-22-20(16-29)19-12-9-13-21(24(19)34-22)30(31,32)33/h6-13,17,23,34H,5,14-16H2,1-4H3,(H,35,38)(H,36,37)(H,39,40)/t17?,23?,29-/m1/s1. The molecule has 2 aromatic carbocycles. The number of rotatable bonds is 8. The quantitative estimate of drug-likeness (QED) is 0.308. The Morgan fingerprint density at radius 2 is 1.75 bits per heavy atom. The molecule has 0 saturated heterocycles. The Balaban J connectivity index is 1.64. The van der Waals surface area contributed by atoms with Crippen molar-refractivity contribution in [1.82, 2.24) is 15.6 Å². The summed E-state index contributed by atoms with van der Waals surface area (Å²) in [7, 11) is 0. The number of carbonyl (C=O) groups is 3. The number of hydrogen-bond acceptors (Lipinski definition) is 3. The minimum atomic E-state index is -4.58. The Morgan fingerprint density at radius 1 is 1.07 bits per heavy atom.